The molecule has 0 radical (unpaired) electrons. The highest BCUT2D eigenvalue weighted by Gasteiger charge is 2.59. The minimum atomic E-state index is -4.47. The van der Waals surface area contributed by atoms with E-state index in [-0.39, 0.29) is 24.1 Å². The van der Waals surface area contributed by atoms with Gasteiger partial charge in [0.15, 0.2) is 0 Å². The van der Waals surface area contributed by atoms with Crippen LogP contribution in [0.3, 0.4) is 0 Å². The summed E-state index contributed by atoms with van der Waals surface area (Å²) in [7, 11) is 0. The van der Waals surface area contributed by atoms with Crippen LogP contribution in [0.15, 0.2) is 24.3 Å². The first kappa shape index (κ1) is 19.7. The number of alkyl halides is 3. The second-order valence-corrected chi connectivity index (χ2v) is 7.41. The lowest BCUT2D eigenvalue weighted by atomic mass is 10.2. The molecule has 2 unspecified atom stereocenters. The number of hydrogen-bond acceptors (Lipinski definition) is 3. The number of nitrogens with one attached hydrogen (secondary N) is 2. The van der Waals surface area contributed by atoms with Gasteiger partial charge in [-0.25, -0.2) is 0 Å². The van der Waals surface area contributed by atoms with Crippen LogP contribution in [0.25, 0.3) is 0 Å². The number of benzene rings is 1. The van der Waals surface area contributed by atoms with Gasteiger partial charge < -0.3 is 15.5 Å². The first-order chi connectivity index (χ1) is 12.7. The molecule has 1 aliphatic carbocycles. The molecule has 5 nitrogen and oxygen atoms in total. The zero-order valence-corrected chi connectivity index (χ0v) is 15.3. The number of likely N-dealkylation sites (tertiary alicyclic amines) is 1. The maximum atomic E-state index is 12.7. The molecule has 2 amide bonds. The molecule has 148 valence electrons. The number of nitrogens with zero attached hydrogens (tertiary/aromatic N) is 1. The van der Waals surface area contributed by atoms with Gasteiger partial charge in [-0.3, -0.25) is 9.59 Å². The van der Waals surface area contributed by atoms with Gasteiger partial charge >= 0.3 is 6.18 Å². The summed E-state index contributed by atoms with van der Waals surface area (Å²) in [5.41, 5.74) is -0.780. The van der Waals surface area contributed by atoms with E-state index < -0.39 is 17.6 Å². The van der Waals surface area contributed by atoms with Crippen molar-refractivity contribution in [2.24, 2.45) is 17.8 Å². The third-order valence-corrected chi connectivity index (χ3v) is 5.64. The Morgan fingerprint density at radius 2 is 1.93 bits per heavy atom. The summed E-state index contributed by atoms with van der Waals surface area (Å²) in [4.78, 5) is 26.6. The standard InChI is InChI=1S/C19H24F3N3O2/c1-3-11(2)25-9-14-15(10-25)17(14)18(27)23-8-16(26)24-13-6-4-5-12(7-13)19(20,21)22/h4-7,11,14-15,17H,3,8-10H2,1-2H3,(H,23,27)(H,24,26)/t11?,14-,15+,17?. The first-order valence-corrected chi connectivity index (χ1v) is 9.19. The van der Waals surface area contributed by atoms with Crippen LogP contribution in [0.5, 0.6) is 0 Å². The number of carbonyl (C=O) groups excluding carboxylic acids is 2. The van der Waals surface area contributed by atoms with Crippen LogP contribution in [0.1, 0.15) is 25.8 Å². The van der Waals surface area contributed by atoms with Crippen molar-refractivity contribution in [1.82, 2.24) is 10.2 Å². The fourth-order valence-electron chi connectivity index (χ4n) is 3.83. The van der Waals surface area contributed by atoms with E-state index in [9.17, 15) is 22.8 Å². The highest BCUT2D eigenvalue weighted by Crippen LogP contribution is 2.52. The molecule has 1 aromatic rings. The predicted octanol–water partition coefficient (Wildman–Crippen LogP) is 2.74. The summed E-state index contributed by atoms with van der Waals surface area (Å²) in [6.07, 6.45) is -3.39. The summed E-state index contributed by atoms with van der Waals surface area (Å²) in [6, 6.07) is 4.93. The molecule has 1 aromatic carbocycles. The molecule has 1 heterocycles. The quantitative estimate of drug-likeness (QED) is 0.794. The van der Waals surface area contributed by atoms with Crippen LogP contribution in [-0.4, -0.2) is 42.4 Å². The average Bonchev–Trinajstić information content (AvgIpc) is 3.12. The number of hydrogen-bond donors (Lipinski definition) is 2. The highest BCUT2D eigenvalue weighted by molar-refractivity contribution is 5.95. The third-order valence-electron chi connectivity index (χ3n) is 5.64. The Morgan fingerprint density at radius 3 is 2.52 bits per heavy atom. The lowest BCUT2D eigenvalue weighted by Gasteiger charge is -2.25. The van der Waals surface area contributed by atoms with Crippen molar-refractivity contribution < 1.29 is 22.8 Å². The van der Waals surface area contributed by atoms with Crippen molar-refractivity contribution in [1.29, 1.82) is 0 Å². The van der Waals surface area contributed by atoms with Crippen molar-refractivity contribution in [3.05, 3.63) is 29.8 Å². The van der Waals surface area contributed by atoms with Gasteiger partial charge in [0.25, 0.3) is 0 Å². The van der Waals surface area contributed by atoms with Crippen molar-refractivity contribution in [2.45, 2.75) is 32.5 Å². The molecule has 4 atom stereocenters. The van der Waals surface area contributed by atoms with E-state index in [1.165, 1.54) is 12.1 Å². The van der Waals surface area contributed by atoms with E-state index >= 15 is 0 Å². The fourth-order valence-corrected chi connectivity index (χ4v) is 3.83. The maximum absolute atomic E-state index is 12.7. The van der Waals surface area contributed by atoms with Gasteiger partial charge in [0.2, 0.25) is 11.8 Å². The lowest BCUT2D eigenvalue weighted by molar-refractivity contribution is -0.137. The number of piperidine rings is 1. The van der Waals surface area contributed by atoms with Gasteiger partial charge in [-0.15, -0.1) is 0 Å². The van der Waals surface area contributed by atoms with E-state index in [4.69, 9.17) is 0 Å². The van der Waals surface area contributed by atoms with E-state index in [2.05, 4.69) is 29.4 Å². The number of anilines is 1. The zero-order valence-electron chi connectivity index (χ0n) is 15.3. The number of fused-ring (bicyclic) bond motifs is 1. The van der Waals surface area contributed by atoms with Crippen LogP contribution < -0.4 is 10.6 Å². The molecular weight excluding hydrogens is 359 g/mol. The van der Waals surface area contributed by atoms with Crippen LogP contribution >= 0.6 is 0 Å². The largest absolute Gasteiger partial charge is 0.416 e. The number of halogens is 3. The zero-order chi connectivity index (χ0) is 19.8. The number of rotatable bonds is 6. The van der Waals surface area contributed by atoms with E-state index in [1.807, 2.05) is 0 Å². The van der Waals surface area contributed by atoms with E-state index in [0.29, 0.717) is 17.9 Å². The number of carbonyl (C=O) groups is 2. The van der Waals surface area contributed by atoms with E-state index in [1.54, 1.807) is 0 Å². The second-order valence-electron chi connectivity index (χ2n) is 7.41. The van der Waals surface area contributed by atoms with Crippen molar-refractivity contribution in [2.75, 3.05) is 25.0 Å². The third kappa shape index (κ3) is 4.43. The Bertz CT molecular complexity index is 710. The predicted molar refractivity (Wildman–Crippen MR) is 94.9 cm³/mol. The summed E-state index contributed by atoms with van der Waals surface area (Å²) in [5, 5.41) is 4.99. The fraction of sp³-hybridized carbons (Fsp3) is 0.579. The molecule has 2 N–H and O–H groups in total. The molecule has 0 spiro atoms. The summed E-state index contributed by atoms with van der Waals surface area (Å²) in [6.45, 7) is 5.89. The average molecular weight is 383 g/mol. The molecular formula is C19H24F3N3O2. The SMILES string of the molecule is CCC(C)N1C[C@@H]2C(C(=O)NCC(=O)Nc3cccc(C(F)(F)F)c3)[C@@H]2C1. The minimum Gasteiger partial charge on any atom is -0.347 e. The van der Waals surface area contributed by atoms with Crippen molar-refractivity contribution >= 4 is 17.5 Å². The van der Waals surface area contributed by atoms with Crippen LogP contribution in [0.2, 0.25) is 0 Å². The van der Waals surface area contributed by atoms with Crippen LogP contribution in [0.4, 0.5) is 18.9 Å². The lowest BCUT2D eigenvalue weighted by Crippen LogP contribution is -2.38. The summed E-state index contributed by atoms with van der Waals surface area (Å²) in [5.74, 6) is -0.0366. The Hall–Kier alpha value is -2.09. The number of amides is 2. The molecule has 0 aromatic heterocycles. The van der Waals surface area contributed by atoms with Crippen LogP contribution in [0, 0.1) is 17.8 Å². The summed E-state index contributed by atoms with van der Waals surface area (Å²) >= 11 is 0. The Balaban J connectivity index is 1.44. The Morgan fingerprint density at radius 1 is 1.26 bits per heavy atom. The minimum absolute atomic E-state index is 0.0494. The second kappa shape index (κ2) is 7.50. The van der Waals surface area contributed by atoms with Gasteiger partial charge in [-0.05, 0) is 43.4 Å². The van der Waals surface area contributed by atoms with Gasteiger partial charge in [0, 0.05) is 30.7 Å². The molecule has 3 rings (SSSR count). The maximum Gasteiger partial charge on any atom is 0.416 e. The Kier molecular flexibility index (Phi) is 5.46. The van der Waals surface area contributed by atoms with E-state index in [0.717, 1.165) is 31.6 Å². The molecule has 1 aliphatic heterocycles. The molecule has 2 aliphatic rings. The molecule has 27 heavy (non-hydrogen) atoms. The smallest absolute Gasteiger partial charge is 0.347 e. The molecule has 1 saturated heterocycles. The molecule has 1 saturated carbocycles. The van der Waals surface area contributed by atoms with Gasteiger partial charge in [-0.1, -0.05) is 13.0 Å². The highest BCUT2D eigenvalue weighted by atomic mass is 19.4. The monoisotopic (exact) mass is 383 g/mol. The van der Waals surface area contributed by atoms with Gasteiger partial charge in [0.05, 0.1) is 12.1 Å². The molecule has 2 fully saturated rings. The molecule has 8 heteroatoms. The normalized spacial score (nSPS) is 25.6. The summed E-state index contributed by atoms with van der Waals surface area (Å²) < 4.78 is 38.1. The van der Waals surface area contributed by atoms with Gasteiger partial charge in [0.1, 0.15) is 0 Å². The van der Waals surface area contributed by atoms with Crippen LogP contribution in [-0.2, 0) is 15.8 Å². The van der Waals surface area contributed by atoms with Crippen molar-refractivity contribution in [3.63, 3.8) is 0 Å². The topological polar surface area (TPSA) is 61.4 Å². The van der Waals surface area contributed by atoms with Crippen molar-refractivity contribution in [3.8, 4) is 0 Å². The Labute approximate surface area is 156 Å². The first-order valence-electron chi connectivity index (χ1n) is 9.19. The molecule has 0 bridgehead atoms. The van der Waals surface area contributed by atoms with Gasteiger partial charge in [-0.2, -0.15) is 13.2 Å².